The number of aromatic nitrogens is 1. The van der Waals surface area contributed by atoms with E-state index in [9.17, 15) is 4.79 Å². The topological polar surface area (TPSA) is 43.1 Å². The first-order valence-corrected chi connectivity index (χ1v) is 6.38. The van der Waals surface area contributed by atoms with Crippen LogP contribution in [-0.4, -0.2) is 10.8 Å². The van der Waals surface area contributed by atoms with E-state index in [1.165, 1.54) is 6.92 Å². The van der Waals surface area contributed by atoms with Gasteiger partial charge in [0.1, 0.15) is 5.69 Å². The van der Waals surface area contributed by atoms with Gasteiger partial charge in [-0.15, -0.1) is 0 Å². The monoisotopic (exact) mass is 263 g/mol. The SMILES string of the molecule is CC(=O)c1oc(-c2ccccc2)nc1-c1ccccc1. The Balaban J connectivity index is 2.15. The van der Waals surface area contributed by atoms with Crippen LogP contribution in [0.3, 0.4) is 0 Å². The van der Waals surface area contributed by atoms with Gasteiger partial charge < -0.3 is 4.42 Å². The molecule has 2 aromatic carbocycles. The van der Waals surface area contributed by atoms with Crippen LogP contribution in [0.5, 0.6) is 0 Å². The van der Waals surface area contributed by atoms with Crippen LogP contribution in [0.4, 0.5) is 0 Å². The highest BCUT2D eigenvalue weighted by Gasteiger charge is 2.19. The Labute approximate surface area is 116 Å². The molecule has 0 aliphatic carbocycles. The van der Waals surface area contributed by atoms with Crippen LogP contribution in [0.1, 0.15) is 17.5 Å². The predicted molar refractivity (Wildman–Crippen MR) is 77.4 cm³/mol. The van der Waals surface area contributed by atoms with E-state index in [0.29, 0.717) is 17.3 Å². The summed E-state index contributed by atoms with van der Waals surface area (Å²) in [6.45, 7) is 1.49. The van der Waals surface area contributed by atoms with Crippen LogP contribution in [0.2, 0.25) is 0 Å². The Kier molecular flexibility index (Phi) is 3.17. The standard InChI is InChI=1S/C17H13NO2/c1-12(19)16-15(13-8-4-2-5-9-13)18-17(20-16)14-10-6-3-7-11-14/h2-11H,1H3. The van der Waals surface area contributed by atoms with Gasteiger partial charge in [-0.2, -0.15) is 0 Å². The van der Waals surface area contributed by atoms with Gasteiger partial charge in [-0.25, -0.2) is 4.98 Å². The zero-order chi connectivity index (χ0) is 13.9. The van der Waals surface area contributed by atoms with Crippen molar-refractivity contribution in [1.29, 1.82) is 0 Å². The summed E-state index contributed by atoms with van der Waals surface area (Å²) >= 11 is 0. The van der Waals surface area contributed by atoms with Crippen LogP contribution < -0.4 is 0 Å². The van der Waals surface area contributed by atoms with Crippen LogP contribution in [-0.2, 0) is 0 Å². The van der Waals surface area contributed by atoms with Crippen molar-refractivity contribution < 1.29 is 9.21 Å². The first-order valence-electron chi connectivity index (χ1n) is 6.38. The summed E-state index contributed by atoms with van der Waals surface area (Å²) in [5.41, 5.74) is 2.33. The molecule has 98 valence electrons. The fourth-order valence-corrected chi connectivity index (χ4v) is 2.05. The minimum Gasteiger partial charge on any atom is -0.432 e. The number of hydrogen-bond acceptors (Lipinski definition) is 3. The van der Waals surface area contributed by atoms with Gasteiger partial charge in [-0.05, 0) is 12.1 Å². The van der Waals surface area contributed by atoms with Gasteiger partial charge in [0.2, 0.25) is 5.89 Å². The molecule has 0 fully saturated rings. The van der Waals surface area contributed by atoms with Gasteiger partial charge in [-0.3, -0.25) is 4.79 Å². The summed E-state index contributed by atoms with van der Waals surface area (Å²) in [4.78, 5) is 16.2. The number of hydrogen-bond donors (Lipinski definition) is 0. The van der Waals surface area contributed by atoms with Gasteiger partial charge in [0, 0.05) is 18.1 Å². The van der Waals surface area contributed by atoms with E-state index in [1.54, 1.807) is 0 Å². The number of carbonyl (C=O) groups excluding carboxylic acids is 1. The fraction of sp³-hybridized carbons (Fsp3) is 0.0588. The van der Waals surface area contributed by atoms with Crippen molar-refractivity contribution >= 4 is 5.78 Å². The van der Waals surface area contributed by atoms with E-state index >= 15 is 0 Å². The lowest BCUT2D eigenvalue weighted by Crippen LogP contribution is -1.92. The molecule has 3 nitrogen and oxygen atoms in total. The highest BCUT2D eigenvalue weighted by atomic mass is 16.4. The predicted octanol–water partition coefficient (Wildman–Crippen LogP) is 4.21. The maximum atomic E-state index is 11.8. The maximum Gasteiger partial charge on any atom is 0.227 e. The zero-order valence-corrected chi connectivity index (χ0v) is 11.0. The molecule has 20 heavy (non-hydrogen) atoms. The fourth-order valence-electron chi connectivity index (χ4n) is 2.05. The third-order valence-corrected chi connectivity index (χ3v) is 3.01. The molecule has 0 N–H and O–H groups in total. The number of oxazole rings is 1. The van der Waals surface area contributed by atoms with Gasteiger partial charge in [0.05, 0.1) is 0 Å². The second kappa shape index (κ2) is 5.13. The Morgan fingerprint density at radius 3 is 2.00 bits per heavy atom. The van der Waals surface area contributed by atoms with E-state index in [1.807, 2.05) is 60.7 Å². The number of ketones is 1. The lowest BCUT2D eigenvalue weighted by atomic mass is 10.1. The number of nitrogens with zero attached hydrogens (tertiary/aromatic N) is 1. The Morgan fingerprint density at radius 1 is 0.900 bits per heavy atom. The van der Waals surface area contributed by atoms with Crippen molar-refractivity contribution in [3.63, 3.8) is 0 Å². The van der Waals surface area contributed by atoms with Crippen molar-refractivity contribution in [3.05, 3.63) is 66.4 Å². The molecule has 0 aliphatic rings. The Bertz CT molecular complexity index is 730. The van der Waals surface area contributed by atoms with Gasteiger partial charge in [-0.1, -0.05) is 48.5 Å². The third-order valence-electron chi connectivity index (χ3n) is 3.01. The lowest BCUT2D eigenvalue weighted by Gasteiger charge is -1.96. The summed E-state index contributed by atoms with van der Waals surface area (Å²) in [5.74, 6) is 0.642. The van der Waals surface area contributed by atoms with Crippen molar-refractivity contribution in [3.8, 4) is 22.7 Å². The van der Waals surface area contributed by atoms with Gasteiger partial charge in [0.15, 0.2) is 11.5 Å². The molecule has 0 atom stereocenters. The summed E-state index contributed by atoms with van der Waals surface area (Å²) in [5, 5.41) is 0. The Morgan fingerprint density at radius 2 is 1.45 bits per heavy atom. The molecule has 0 bridgehead atoms. The molecule has 0 saturated heterocycles. The minimum absolute atomic E-state index is 0.126. The van der Waals surface area contributed by atoms with Crippen LogP contribution in [0.15, 0.2) is 65.1 Å². The lowest BCUT2D eigenvalue weighted by molar-refractivity contribution is 0.0989. The molecular formula is C17H13NO2. The first kappa shape index (κ1) is 12.4. The molecule has 0 saturated carbocycles. The number of benzene rings is 2. The van der Waals surface area contributed by atoms with Crippen molar-refractivity contribution in [2.24, 2.45) is 0 Å². The summed E-state index contributed by atoms with van der Waals surface area (Å²) < 4.78 is 5.66. The number of Topliss-reactive ketones (excluding diaryl/α,β-unsaturated/α-hetero) is 1. The molecule has 0 unspecified atom stereocenters. The summed E-state index contributed by atoms with van der Waals surface area (Å²) in [6.07, 6.45) is 0. The largest absolute Gasteiger partial charge is 0.432 e. The second-order valence-electron chi connectivity index (χ2n) is 4.48. The van der Waals surface area contributed by atoms with E-state index in [2.05, 4.69) is 4.98 Å². The third kappa shape index (κ3) is 2.26. The van der Waals surface area contributed by atoms with Crippen molar-refractivity contribution in [1.82, 2.24) is 4.98 Å². The van der Waals surface area contributed by atoms with E-state index in [4.69, 9.17) is 4.42 Å². The first-order chi connectivity index (χ1) is 9.75. The molecule has 0 spiro atoms. The quantitative estimate of drug-likeness (QED) is 0.665. The number of rotatable bonds is 3. The van der Waals surface area contributed by atoms with E-state index < -0.39 is 0 Å². The van der Waals surface area contributed by atoms with Gasteiger partial charge >= 0.3 is 0 Å². The molecule has 0 amide bonds. The van der Waals surface area contributed by atoms with Crippen LogP contribution in [0.25, 0.3) is 22.7 Å². The van der Waals surface area contributed by atoms with Crippen LogP contribution >= 0.6 is 0 Å². The molecule has 0 radical (unpaired) electrons. The summed E-state index contributed by atoms with van der Waals surface area (Å²) in [7, 11) is 0. The Hall–Kier alpha value is -2.68. The highest BCUT2D eigenvalue weighted by Crippen LogP contribution is 2.29. The molecule has 3 aromatic rings. The average Bonchev–Trinajstić information content (AvgIpc) is 2.94. The van der Waals surface area contributed by atoms with Crippen LogP contribution in [0, 0.1) is 0 Å². The molecule has 0 aliphatic heterocycles. The van der Waals surface area contributed by atoms with Crippen molar-refractivity contribution in [2.75, 3.05) is 0 Å². The summed E-state index contributed by atoms with van der Waals surface area (Å²) in [6, 6.07) is 19.1. The average molecular weight is 263 g/mol. The molecule has 1 heterocycles. The van der Waals surface area contributed by atoms with E-state index in [0.717, 1.165) is 11.1 Å². The molecule has 3 heteroatoms. The maximum absolute atomic E-state index is 11.8. The normalized spacial score (nSPS) is 10.4. The smallest absolute Gasteiger partial charge is 0.227 e. The van der Waals surface area contributed by atoms with Crippen molar-refractivity contribution in [2.45, 2.75) is 6.92 Å². The molecule has 1 aromatic heterocycles. The van der Waals surface area contributed by atoms with E-state index in [-0.39, 0.29) is 5.78 Å². The van der Waals surface area contributed by atoms with Gasteiger partial charge in [0.25, 0.3) is 0 Å². The zero-order valence-electron chi connectivity index (χ0n) is 11.0. The minimum atomic E-state index is -0.126. The molecular weight excluding hydrogens is 250 g/mol. The highest BCUT2D eigenvalue weighted by molar-refractivity contribution is 5.97. The number of carbonyl (C=O) groups is 1. The molecule has 3 rings (SSSR count). The second-order valence-corrected chi connectivity index (χ2v) is 4.48.